The largest absolute Gasteiger partial charge is 0.391 e. The van der Waals surface area contributed by atoms with Gasteiger partial charge in [0.25, 0.3) is 0 Å². The number of unbranched alkanes of at least 4 members (excludes halogenated alkanes) is 1. The standard InChI is InChI=1S/C58H93N27O12/c1-33(2)23-37(56(97)85-20-10-13-38(85)54(95)76-36(11-5-6-14-59)53(94)77-45(34(3)86)55(96)69-24-39(87)68-25-40(88)74-35(49(62)93)12-9-16-67-57(63)64)75-42(90)27-82(44(92)28-83-31-72-46-48(61)70-30-71-50(46)83)22-17-66-41(89)26-81(21-15-60)43(91)29-84-32-73-47-51(78-58(65)79-52(47)84)80-18-7-4-8-19-80/h30-38,45,86H,4-29,59-60H2,1-3H3,(H2,62,93)(H,66,89)(H,68,87)(H,69,96)(H,74,88)(H,75,90)(H,76,95)(H,77,94)(H2,61,70,71)(H4,63,64,67)(H2,65,78,79)/t34-,35+,36+,37+,38+,45+/m1/s1. The average Bonchev–Trinajstić information content (AvgIpc) is 1.69. The lowest BCUT2D eigenvalue weighted by Crippen LogP contribution is -2.60. The van der Waals surface area contributed by atoms with Crippen molar-refractivity contribution in [1.82, 2.24) is 91.0 Å². The van der Waals surface area contributed by atoms with Crippen molar-refractivity contribution in [2.24, 2.45) is 39.6 Å². The number of aromatic nitrogens is 8. The maximum atomic E-state index is 14.7. The van der Waals surface area contributed by atoms with Crippen LogP contribution in [-0.2, 0) is 65.8 Å². The zero-order valence-electron chi connectivity index (χ0n) is 55.0. The van der Waals surface area contributed by atoms with Crippen LogP contribution in [0.15, 0.2) is 24.0 Å². The molecule has 2 fully saturated rings. The minimum Gasteiger partial charge on any atom is -0.391 e. The molecule has 11 amide bonds. The number of imidazole rings is 2. The molecule has 2 aliphatic rings. The van der Waals surface area contributed by atoms with Crippen LogP contribution in [0.3, 0.4) is 0 Å². The van der Waals surface area contributed by atoms with Crippen molar-refractivity contribution in [1.29, 1.82) is 0 Å². The highest BCUT2D eigenvalue weighted by molar-refractivity contribution is 5.98. The fraction of sp³-hybridized carbons (Fsp3) is 0.621. The predicted octanol–water partition coefficient (Wildman–Crippen LogP) is -7.19. The molecule has 0 spiro atoms. The first-order chi connectivity index (χ1) is 46.3. The molecule has 6 heterocycles. The molecule has 532 valence electrons. The molecule has 4 aromatic heterocycles. The number of aliphatic hydroxyl groups excluding tert-OH is 1. The van der Waals surface area contributed by atoms with Gasteiger partial charge in [-0.1, -0.05) is 13.8 Å². The van der Waals surface area contributed by atoms with E-state index in [2.05, 4.69) is 77.0 Å². The van der Waals surface area contributed by atoms with Gasteiger partial charge < -0.3 is 111 Å². The second-order valence-electron chi connectivity index (χ2n) is 24.0. The van der Waals surface area contributed by atoms with Crippen LogP contribution in [0.1, 0.15) is 91.4 Å². The Bertz CT molecular complexity index is 3440. The van der Waals surface area contributed by atoms with Gasteiger partial charge in [-0.3, -0.25) is 57.7 Å². The van der Waals surface area contributed by atoms with E-state index in [9.17, 15) is 57.8 Å². The summed E-state index contributed by atoms with van der Waals surface area (Å²) in [7, 11) is 0. The lowest BCUT2D eigenvalue weighted by atomic mass is 10.0. The van der Waals surface area contributed by atoms with Gasteiger partial charge in [-0.25, -0.2) is 19.9 Å². The molecular formula is C58H93N27O12. The second kappa shape index (κ2) is 37.2. The van der Waals surface area contributed by atoms with Gasteiger partial charge in [0.05, 0.1) is 44.9 Å². The van der Waals surface area contributed by atoms with E-state index in [1.165, 1.54) is 44.8 Å². The number of guanidine groups is 1. The fourth-order valence-electron chi connectivity index (χ4n) is 11.0. The number of fused-ring (bicyclic) bond motifs is 2. The zero-order valence-corrected chi connectivity index (χ0v) is 55.0. The number of aliphatic hydroxyl groups is 1. The molecule has 2 aliphatic heterocycles. The third kappa shape index (κ3) is 22.7. The molecule has 0 unspecified atom stereocenters. The number of anilines is 3. The fourth-order valence-corrected chi connectivity index (χ4v) is 11.0. The molecular weight excluding hydrogens is 1270 g/mol. The van der Waals surface area contributed by atoms with E-state index in [-0.39, 0.29) is 113 Å². The van der Waals surface area contributed by atoms with Gasteiger partial charge in [0, 0.05) is 52.4 Å². The van der Waals surface area contributed by atoms with Crippen LogP contribution < -0.4 is 82.3 Å². The highest BCUT2D eigenvalue weighted by Gasteiger charge is 2.40. The van der Waals surface area contributed by atoms with Crippen LogP contribution in [0.4, 0.5) is 17.6 Å². The molecule has 22 N–H and O–H groups in total. The third-order valence-corrected chi connectivity index (χ3v) is 16.0. The van der Waals surface area contributed by atoms with Crippen molar-refractivity contribution in [2.45, 2.75) is 141 Å². The number of carbonyl (C=O) groups is 11. The highest BCUT2D eigenvalue weighted by Crippen LogP contribution is 2.27. The second-order valence-corrected chi connectivity index (χ2v) is 24.0. The Hall–Kier alpha value is -10.2. The number of nitrogens with zero attached hydrogens (tertiary/aromatic N) is 13. The van der Waals surface area contributed by atoms with Crippen LogP contribution >= 0.6 is 0 Å². The first-order valence-electron chi connectivity index (χ1n) is 32.2. The van der Waals surface area contributed by atoms with E-state index in [1.54, 1.807) is 0 Å². The zero-order chi connectivity index (χ0) is 70.9. The van der Waals surface area contributed by atoms with E-state index < -0.39 is 134 Å². The smallest absolute Gasteiger partial charge is 0.245 e. The summed E-state index contributed by atoms with van der Waals surface area (Å²) < 4.78 is 2.93. The molecule has 4 aromatic rings. The summed E-state index contributed by atoms with van der Waals surface area (Å²) in [6.07, 6.45) is 7.24. The molecule has 39 nitrogen and oxygen atoms in total. The molecule has 2 saturated heterocycles. The minimum absolute atomic E-state index is 0.00206. The number of nitrogens with one attached hydrogen (secondary N) is 7. The summed E-state index contributed by atoms with van der Waals surface area (Å²) in [5.74, 6) is -7.93. The number of likely N-dealkylation sites (tertiary alicyclic amines) is 1. The summed E-state index contributed by atoms with van der Waals surface area (Å²) in [5.41, 5.74) is 41.1. The lowest BCUT2D eigenvalue weighted by molar-refractivity contribution is -0.143. The minimum atomic E-state index is -1.66. The van der Waals surface area contributed by atoms with Crippen molar-refractivity contribution in [3.8, 4) is 0 Å². The Balaban J connectivity index is 1.08. The SMILES string of the molecule is CC(C)C[C@H](NC(=O)CN(CCNC(=O)CN(CCN)C(=O)Cn1cnc2c(N3CCCCC3)nc(N)nc21)C(=O)Cn1cnc2c(N)ncnc21)C(=O)N1CCC[C@H]1C(=O)N[C@@H](CCCCN)C(=O)N[C@H](C(=O)NCC(=O)NCC(=O)N[C@@H](CCCN=C(N)N)C(N)=O)[C@@H](C)O. The van der Waals surface area contributed by atoms with Crippen molar-refractivity contribution in [3.05, 3.63) is 19.0 Å². The number of nitrogens with two attached hydrogens (primary N) is 7. The lowest BCUT2D eigenvalue weighted by Gasteiger charge is -2.31. The van der Waals surface area contributed by atoms with Gasteiger partial charge in [-0.05, 0) is 90.0 Å². The molecule has 39 heteroatoms. The van der Waals surface area contributed by atoms with Crippen molar-refractivity contribution in [3.63, 3.8) is 0 Å². The van der Waals surface area contributed by atoms with Crippen LogP contribution in [-0.4, -0.2) is 251 Å². The number of hydrogen-bond donors (Lipinski definition) is 15. The highest BCUT2D eigenvalue weighted by atomic mass is 16.3. The summed E-state index contributed by atoms with van der Waals surface area (Å²) in [4.78, 5) is 185. The maximum Gasteiger partial charge on any atom is 0.245 e. The number of carbonyl (C=O) groups excluding carboxylic acids is 11. The number of hydrogen-bond acceptors (Lipinski definition) is 24. The van der Waals surface area contributed by atoms with Crippen molar-refractivity contribution in [2.75, 3.05) is 101 Å². The van der Waals surface area contributed by atoms with E-state index in [0.717, 1.165) is 37.3 Å². The van der Waals surface area contributed by atoms with Gasteiger partial charge >= 0.3 is 0 Å². The van der Waals surface area contributed by atoms with Crippen molar-refractivity contribution < 1.29 is 57.8 Å². The van der Waals surface area contributed by atoms with Gasteiger partial charge in [0.15, 0.2) is 34.4 Å². The topological polar surface area (TPSA) is 587 Å². The van der Waals surface area contributed by atoms with Gasteiger partial charge in [-0.15, -0.1) is 0 Å². The number of aliphatic imine (C=N–C) groups is 1. The Morgan fingerprint density at radius 3 is 1.96 bits per heavy atom. The number of rotatable bonds is 38. The number of piperidine rings is 1. The number of amides is 11. The molecule has 0 aromatic carbocycles. The molecule has 0 radical (unpaired) electrons. The normalized spacial score (nSPS) is 15.3. The van der Waals surface area contributed by atoms with E-state index in [4.69, 9.17) is 40.1 Å². The molecule has 6 rings (SSSR count). The first-order valence-corrected chi connectivity index (χ1v) is 32.2. The van der Waals surface area contributed by atoms with Crippen LogP contribution in [0, 0.1) is 5.92 Å². The maximum absolute atomic E-state index is 14.7. The van der Waals surface area contributed by atoms with Crippen molar-refractivity contribution >= 4 is 111 Å². The summed E-state index contributed by atoms with van der Waals surface area (Å²) in [6, 6.07) is -6.46. The van der Waals surface area contributed by atoms with Gasteiger partial charge in [-0.2, -0.15) is 9.97 Å². The molecule has 0 bridgehead atoms. The molecule has 97 heavy (non-hydrogen) atoms. The Morgan fingerprint density at radius 2 is 1.30 bits per heavy atom. The van der Waals surface area contributed by atoms with Gasteiger partial charge in [0.1, 0.15) is 55.1 Å². The Labute approximate surface area is 558 Å². The van der Waals surface area contributed by atoms with Crippen LogP contribution in [0.5, 0.6) is 0 Å². The number of primary amides is 1. The van der Waals surface area contributed by atoms with Gasteiger partial charge in [0.2, 0.25) is 70.9 Å². The van der Waals surface area contributed by atoms with E-state index in [1.807, 2.05) is 13.8 Å². The van der Waals surface area contributed by atoms with Crippen LogP contribution in [0.25, 0.3) is 22.3 Å². The molecule has 0 aliphatic carbocycles. The molecule has 0 saturated carbocycles. The number of nitrogen functional groups attached to an aromatic ring is 2. The van der Waals surface area contributed by atoms with Crippen LogP contribution in [0.2, 0.25) is 0 Å². The molecule has 6 atom stereocenters. The monoisotopic (exact) mass is 1360 g/mol. The quantitative estimate of drug-likeness (QED) is 0.0113. The van der Waals surface area contributed by atoms with E-state index in [0.29, 0.717) is 42.7 Å². The predicted molar refractivity (Wildman–Crippen MR) is 352 cm³/mol. The summed E-state index contributed by atoms with van der Waals surface area (Å²) >= 11 is 0. The Morgan fingerprint density at radius 1 is 0.649 bits per heavy atom. The Kier molecular flexibility index (Phi) is 29.1. The summed E-state index contributed by atoms with van der Waals surface area (Å²) in [6.45, 7) is 3.38. The first kappa shape index (κ1) is 75.8. The summed E-state index contributed by atoms with van der Waals surface area (Å²) in [5, 5.41) is 28.3. The average molecular weight is 1360 g/mol. The van der Waals surface area contributed by atoms with E-state index >= 15 is 0 Å². The third-order valence-electron chi connectivity index (χ3n) is 16.0.